The number of nitrogens with zero attached hydrogens (tertiary/aromatic N) is 2. The van der Waals surface area contributed by atoms with Gasteiger partial charge in [-0.05, 0) is 18.8 Å². The zero-order chi connectivity index (χ0) is 12.2. The Hall–Kier alpha value is -0.960. The molecule has 1 N–H and O–H groups in total. The molecule has 0 radical (unpaired) electrons. The lowest BCUT2D eigenvalue weighted by molar-refractivity contribution is 0.242. The molecule has 0 fully saturated rings. The van der Waals surface area contributed by atoms with Crippen molar-refractivity contribution >= 4 is 0 Å². The molecule has 3 nitrogen and oxygen atoms in total. The molecule has 1 aromatic heterocycles. The maximum Gasteiger partial charge on any atom is 0.0753 e. The molecule has 90 valence electrons. The van der Waals surface area contributed by atoms with Crippen LogP contribution in [-0.4, -0.2) is 16.0 Å². The fraction of sp³-hybridized carbons (Fsp3) is 0.692. The number of hydrogen-bond acceptors (Lipinski definition) is 3. The number of nitrogens with one attached hydrogen (secondary N) is 1. The summed E-state index contributed by atoms with van der Waals surface area (Å²) in [5.74, 6) is 0. The molecule has 2 unspecified atom stereocenters. The van der Waals surface area contributed by atoms with E-state index in [2.05, 4.69) is 49.9 Å². The van der Waals surface area contributed by atoms with Gasteiger partial charge in [0.25, 0.3) is 0 Å². The second kappa shape index (κ2) is 5.39. The fourth-order valence-corrected chi connectivity index (χ4v) is 1.90. The van der Waals surface area contributed by atoms with Crippen LogP contribution in [0.5, 0.6) is 0 Å². The topological polar surface area (TPSA) is 37.8 Å². The molecule has 0 aromatic carbocycles. The zero-order valence-corrected chi connectivity index (χ0v) is 11.0. The summed E-state index contributed by atoms with van der Waals surface area (Å²) in [7, 11) is 0. The van der Waals surface area contributed by atoms with Gasteiger partial charge >= 0.3 is 0 Å². The van der Waals surface area contributed by atoms with Crippen LogP contribution in [-0.2, 0) is 0 Å². The highest BCUT2D eigenvalue weighted by molar-refractivity contribution is 5.01. The standard InChI is InChI=1S/C13H23N3/c1-6-12(13(3,4)5)16-10(2)11-9-14-7-8-15-11/h7-10,12,16H,6H2,1-5H3. The molecule has 0 amide bonds. The predicted molar refractivity (Wildman–Crippen MR) is 67.1 cm³/mol. The molecule has 16 heavy (non-hydrogen) atoms. The summed E-state index contributed by atoms with van der Waals surface area (Å²) in [6, 6.07) is 0.738. The summed E-state index contributed by atoms with van der Waals surface area (Å²) in [5.41, 5.74) is 1.27. The third-order valence-corrected chi connectivity index (χ3v) is 2.93. The van der Waals surface area contributed by atoms with Crippen LogP contribution in [0.3, 0.4) is 0 Å². The Morgan fingerprint density at radius 2 is 2.00 bits per heavy atom. The minimum absolute atomic E-state index is 0.248. The smallest absolute Gasteiger partial charge is 0.0753 e. The highest BCUT2D eigenvalue weighted by Crippen LogP contribution is 2.24. The third-order valence-electron chi connectivity index (χ3n) is 2.93. The SMILES string of the molecule is CCC(NC(C)c1cnccn1)C(C)(C)C. The lowest BCUT2D eigenvalue weighted by atomic mass is 9.84. The second-order valence-electron chi connectivity index (χ2n) is 5.35. The first kappa shape index (κ1) is 13.1. The maximum absolute atomic E-state index is 4.32. The molecular formula is C13H23N3. The van der Waals surface area contributed by atoms with Crippen molar-refractivity contribution < 1.29 is 0 Å². The highest BCUT2D eigenvalue weighted by Gasteiger charge is 2.24. The third kappa shape index (κ3) is 3.56. The highest BCUT2D eigenvalue weighted by atomic mass is 15.0. The normalized spacial score (nSPS) is 15.8. The van der Waals surface area contributed by atoms with Gasteiger partial charge in [0, 0.05) is 30.7 Å². The molecule has 1 aromatic rings. The van der Waals surface area contributed by atoms with E-state index in [1.807, 2.05) is 6.20 Å². The van der Waals surface area contributed by atoms with Gasteiger partial charge in [0.2, 0.25) is 0 Å². The average molecular weight is 221 g/mol. The molecule has 1 rings (SSSR count). The first-order valence-electron chi connectivity index (χ1n) is 5.97. The Balaban J connectivity index is 2.67. The fourth-order valence-electron chi connectivity index (χ4n) is 1.90. The summed E-state index contributed by atoms with van der Waals surface area (Å²) in [6.45, 7) is 11.1. The lowest BCUT2D eigenvalue weighted by Crippen LogP contribution is -2.41. The second-order valence-corrected chi connectivity index (χ2v) is 5.35. The van der Waals surface area contributed by atoms with Gasteiger partial charge in [0.05, 0.1) is 5.69 Å². The van der Waals surface area contributed by atoms with E-state index >= 15 is 0 Å². The van der Waals surface area contributed by atoms with Crippen LogP contribution in [0.4, 0.5) is 0 Å². The van der Waals surface area contributed by atoms with Crippen LogP contribution < -0.4 is 5.32 Å². The van der Waals surface area contributed by atoms with Gasteiger partial charge in [-0.2, -0.15) is 0 Å². The summed E-state index contributed by atoms with van der Waals surface area (Å²) < 4.78 is 0. The van der Waals surface area contributed by atoms with Gasteiger partial charge in [-0.25, -0.2) is 0 Å². The van der Waals surface area contributed by atoms with Crippen molar-refractivity contribution in [3.8, 4) is 0 Å². The van der Waals surface area contributed by atoms with E-state index in [1.165, 1.54) is 0 Å². The van der Waals surface area contributed by atoms with Crippen LogP contribution in [0.15, 0.2) is 18.6 Å². The summed E-state index contributed by atoms with van der Waals surface area (Å²) in [4.78, 5) is 8.42. The molecule has 3 heteroatoms. The van der Waals surface area contributed by atoms with E-state index in [0.717, 1.165) is 12.1 Å². The van der Waals surface area contributed by atoms with E-state index in [-0.39, 0.29) is 11.5 Å². The molecule has 1 heterocycles. The number of hydrogen-bond donors (Lipinski definition) is 1. The van der Waals surface area contributed by atoms with Crippen LogP contribution in [0.2, 0.25) is 0 Å². The van der Waals surface area contributed by atoms with Crippen molar-refractivity contribution in [2.45, 2.75) is 53.1 Å². The van der Waals surface area contributed by atoms with Gasteiger partial charge in [-0.15, -0.1) is 0 Å². The molecule has 0 aliphatic heterocycles. The molecule has 0 aliphatic carbocycles. The van der Waals surface area contributed by atoms with Crippen molar-refractivity contribution in [1.82, 2.24) is 15.3 Å². The van der Waals surface area contributed by atoms with Crippen molar-refractivity contribution in [3.05, 3.63) is 24.3 Å². The lowest BCUT2D eigenvalue weighted by Gasteiger charge is -2.33. The van der Waals surface area contributed by atoms with Gasteiger partial charge in [0.1, 0.15) is 0 Å². The Labute approximate surface area is 98.7 Å². The Bertz CT molecular complexity index is 303. The Morgan fingerprint density at radius 1 is 1.31 bits per heavy atom. The van der Waals surface area contributed by atoms with E-state index in [9.17, 15) is 0 Å². The van der Waals surface area contributed by atoms with Crippen LogP contribution >= 0.6 is 0 Å². The van der Waals surface area contributed by atoms with Gasteiger partial charge in [0.15, 0.2) is 0 Å². The molecule has 0 spiro atoms. The number of aromatic nitrogens is 2. The molecular weight excluding hydrogens is 198 g/mol. The van der Waals surface area contributed by atoms with Crippen molar-refractivity contribution in [1.29, 1.82) is 0 Å². The van der Waals surface area contributed by atoms with Gasteiger partial charge in [-0.1, -0.05) is 27.7 Å². The van der Waals surface area contributed by atoms with Crippen molar-refractivity contribution in [2.75, 3.05) is 0 Å². The average Bonchev–Trinajstić information content (AvgIpc) is 2.25. The molecule has 0 aliphatic rings. The Morgan fingerprint density at radius 3 is 2.44 bits per heavy atom. The quantitative estimate of drug-likeness (QED) is 0.849. The van der Waals surface area contributed by atoms with Gasteiger partial charge < -0.3 is 5.32 Å². The van der Waals surface area contributed by atoms with E-state index < -0.39 is 0 Å². The van der Waals surface area contributed by atoms with E-state index in [1.54, 1.807) is 12.4 Å². The molecule has 2 atom stereocenters. The van der Waals surface area contributed by atoms with Crippen molar-refractivity contribution in [3.63, 3.8) is 0 Å². The minimum Gasteiger partial charge on any atom is -0.305 e. The monoisotopic (exact) mass is 221 g/mol. The van der Waals surface area contributed by atoms with Crippen LogP contribution in [0, 0.1) is 5.41 Å². The summed E-state index contributed by atoms with van der Waals surface area (Å²) >= 11 is 0. The van der Waals surface area contributed by atoms with Gasteiger partial charge in [-0.3, -0.25) is 9.97 Å². The van der Waals surface area contributed by atoms with E-state index in [4.69, 9.17) is 0 Å². The zero-order valence-electron chi connectivity index (χ0n) is 11.0. The largest absolute Gasteiger partial charge is 0.305 e. The predicted octanol–water partition coefficient (Wildman–Crippen LogP) is 2.95. The first-order valence-corrected chi connectivity index (χ1v) is 5.97. The van der Waals surface area contributed by atoms with Crippen molar-refractivity contribution in [2.24, 2.45) is 5.41 Å². The molecule has 0 saturated carbocycles. The summed E-state index contributed by atoms with van der Waals surface area (Å²) in [6.07, 6.45) is 6.39. The molecule has 0 bridgehead atoms. The number of rotatable bonds is 4. The first-order chi connectivity index (χ1) is 7.45. The van der Waals surface area contributed by atoms with E-state index in [0.29, 0.717) is 6.04 Å². The summed E-state index contributed by atoms with van der Waals surface area (Å²) in [5, 5.41) is 3.62. The minimum atomic E-state index is 0.248. The van der Waals surface area contributed by atoms with Crippen LogP contribution in [0.25, 0.3) is 0 Å². The molecule has 0 saturated heterocycles. The maximum atomic E-state index is 4.32. The van der Waals surface area contributed by atoms with Crippen LogP contribution in [0.1, 0.15) is 52.8 Å². The Kier molecular flexibility index (Phi) is 4.42.